The van der Waals surface area contributed by atoms with Crippen LogP contribution in [0.5, 0.6) is 0 Å². The number of ether oxygens (including phenoxy) is 2. The summed E-state index contributed by atoms with van der Waals surface area (Å²) >= 11 is 0. The molecule has 2 atom stereocenters. The molecule has 1 aliphatic heterocycles. The molecule has 1 heterocycles. The highest BCUT2D eigenvalue weighted by Gasteiger charge is 2.46. The molecule has 0 saturated heterocycles. The van der Waals surface area contributed by atoms with Gasteiger partial charge in [-0.3, -0.25) is 33.7 Å². The van der Waals surface area contributed by atoms with E-state index < -0.39 is 97.7 Å². The molecule has 0 aromatic heterocycles. The quantitative estimate of drug-likeness (QED) is 0.0877. The van der Waals surface area contributed by atoms with Crippen LogP contribution in [0.15, 0.2) is 12.2 Å². The van der Waals surface area contributed by atoms with Gasteiger partial charge in [0.1, 0.15) is 11.1 Å². The Kier molecular flexibility index (Phi) is 12.5. The molecular formula is C24H36N2O12. The summed E-state index contributed by atoms with van der Waals surface area (Å²) in [5, 5.41) is 42.4. The molecule has 5 N–H and O–H groups in total. The Hall–Kier alpha value is -3.36. The molecule has 214 valence electrons. The van der Waals surface area contributed by atoms with Crippen molar-refractivity contribution in [1.82, 2.24) is 10.2 Å². The van der Waals surface area contributed by atoms with Gasteiger partial charge in [0, 0.05) is 38.0 Å². The zero-order valence-electron chi connectivity index (χ0n) is 21.7. The van der Waals surface area contributed by atoms with E-state index in [9.17, 15) is 39.0 Å². The molecule has 3 amide bonds. The maximum atomic E-state index is 12.8. The number of nitrogens with one attached hydrogen (secondary N) is 1. The van der Waals surface area contributed by atoms with Crippen LogP contribution >= 0.6 is 0 Å². The topological polar surface area (TPSA) is 217 Å². The SMILES string of the molecule is CC(C)(C)OC(=O)CCOCC(NC(=O)CCN1C(=O)C=CC1=O)(C(O)CCC(=O)O)C(O)CCC(=O)O. The van der Waals surface area contributed by atoms with E-state index in [0.717, 1.165) is 17.1 Å². The van der Waals surface area contributed by atoms with E-state index in [1.54, 1.807) is 20.8 Å². The Bertz CT molecular complexity index is 882. The molecule has 2 unspecified atom stereocenters. The minimum Gasteiger partial charge on any atom is -0.481 e. The summed E-state index contributed by atoms with van der Waals surface area (Å²) in [6.07, 6.45) is -4.00. The number of imide groups is 1. The summed E-state index contributed by atoms with van der Waals surface area (Å²) in [5.74, 6) is -5.22. The first-order chi connectivity index (χ1) is 17.6. The van der Waals surface area contributed by atoms with Crippen molar-refractivity contribution in [2.45, 2.75) is 82.6 Å². The summed E-state index contributed by atoms with van der Waals surface area (Å²) in [7, 11) is 0. The summed E-state index contributed by atoms with van der Waals surface area (Å²) in [6.45, 7) is 3.82. The van der Waals surface area contributed by atoms with Crippen molar-refractivity contribution >= 4 is 35.6 Å². The number of carbonyl (C=O) groups is 6. The largest absolute Gasteiger partial charge is 0.481 e. The molecule has 0 saturated carbocycles. The number of hydrogen-bond acceptors (Lipinski definition) is 10. The average Bonchev–Trinajstić information content (AvgIpc) is 3.12. The third kappa shape index (κ3) is 10.9. The molecule has 1 aliphatic rings. The number of esters is 1. The van der Waals surface area contributed by atoms with Crippen LogP contribution in [0, 0.1) is 0 Å². The van der Waals surface area contributed by atoms with Gasteiger partial charge in [0.25, 0.3) is 11.8 Å². The van der Waals surface area contributed by atoms with Gasteiger partial charge in [-0.15, -0.1) is 0 Å². The van der Waals surface area contributed by atoms with Crippen molar-refractivity contribution in [1.29, 1.82) is 0 Å². The molecule has 14 heteroatoms. The van der Waals surface area contributed by atoms with Crippen LogP contribution in [-0.4, -0.2) is 104 Å². The van der Waals surface area contributed by atoms with E-state index in [-0.39, 0.29) is 19.6 Å². The van der Waals surface area contributed by atoms with E-state index in [1.165, 1.54) is 0 Å². The molecule has 0 aromatic carbocycles. The second-order valence-corrected chi connectivity index (χ2v) is 9.79. The van der Waals surface area contributed by atoms with Crippen molar-refractivity contribution in [2.24, 2.45) is 0 Å². The summed E-state index contributed by atoms with van der Waals surface area (Å²) < 4.78 is 10.7. The summed E-state index contributed by atoms with van der Waals surface area (Å²) in [6, 6.07) is 0. The number of aliphatic carboxylic acids is 2. The van der Waals surface area contributed by atoms with Crippen molar-refractivity contribution in [2.75, 3.05) is 19.8 Å². The minimum atomic E-state index is -2.08. The second kappa shape index (κ2) is 14.5. The number of amides is 3. The van der Waals surface area contributed by atoms with Gasteiger partial charge in [-0.2, -0.15) is 0 Å². The Balaban J connectivity index is 3.10. The lowest BCUT2D eigenvalue weighted by Crippen LogP contribution is -2.67. The van der Waals surface area contributed by atoms with Crippen molar-refractivity contribution in [3.05, 3.63) is 12.2 Å². The van der Waals surface area contributed by atoms with Crippen LogP contribution in [0.1, 0.15) is 59.3 Å². The van der Waals surface area contributed by atoms with Crippen molar-refractivity contribution in [3.63, 3.8) is 0 Å². The van der Waals surface area contributed by atoms with Gasteiger partial charge in [0.05, 0.1) is 31.8 Å². The zero-order valence-corrected chi connectivity index (χ0v) is 21.7. The molecule has 1 rings (SSSR count). The standard InChI is InChI=1S/C24H36N2O12/c1-23(2,3)38-22(36)11-13-37-14-24(15(27)4-8-20(32)33,16(28)5-9-21(34)35)25-17(29)10-12-26-18(30)6-7-19(26)31/h6-7,15-16,27-28H,4-5,8-14H2,1-3H3,(H,25,29)(H,32,33)(H,34,35). The maximum Gasteiger partial charge on any atom is 0.308 e. The lowest BCUT2D eigenvalue weighted by atomic mass is 9.82. The number of rotatable bonds is 17. The van der Waals surface area contributed by atoms with E-state index >= 15 is 0 Å². The first-order valence-electron chi connectivity index (χ1n) is 12.0. The monoisotopic (exact) mass is 544 g/mol. The molecule has 0 radical (unpaired) electrons. The van der Waals surface area contributed by atoms with E-state index in [0.29, 0.717) is 0 Å². The van der Waals surface area contributed by atoms with Gasteiger partial charge in [-0.1, -0.05) is 0 Å². The smallest absolute Gasteiger partial charge is 0.308 e. The molecule has 0 bridgehead atoms. The number of carboxylic acids is 2. The summed E-state index contributed by atoms with van der Waals surface area (Å²) in [4.78, 5) is 71.3. The number of aliphatic hydroxyl groups is 2. The van der Waals surface area contributed by atoms with Gasteiger partial charge in [0.2, 0.25) is 5.91 Å². The van der Waals surface area contributed by atoms with Crippen LogP contribution in [0.4, 0.5) is 0 Å². The molecule has 0 fully saturated rings. The number of nitrogens with zero attached hydrogens (tertiary/aromatic N) is 1. The number of carbonyl (C=O) groups excluding carboxylic acids is 4. The molecule has 0 spiro atoms. The fourth-order valence-corrected chi connectivity index (χ4v) is 3.63. The van der Waals surface area contributed by atoms with Crippen LogP contribution in [-0.2, 0) is 38.2 Å². The Morgan fingerprint density at radius 2 is 1.39 bits per heavy atom. The highest BCUT2D eigenvalue weighted by atomic mass is 16.6. The van der Waals surface area contributed by atoms with Gasteiger partial charge < -0.3 is 35.2 Å². The number of aliphatic hydroxyl groups excluding tert-OH is 2. The Morgan fingerprint density at radius 1 is 0.895 bits per heavy atom. The zero-order chi connectivity index (χ0) is 29.1. The number of hydrogen-bond donors (Lipinski definition) is 5. The van der Waals surface area contributed by atoms with Crippen LogP contribution in [0.25, 0.3) is 0 Å². The second-order valence-electron chi connectivity index (χ2n) is 9.79. The van der Waals surface area contributed by atoms with Crippen LogP contribution < -0.4 is 5.32 Å². The maximum absolute atomic E-state index is 12.8. The predicted octanol–water partition coefficient (Wildman–Crippen LogP) is -0.644. The van der Waals surface area contributed by atoms with Crippen molar-refractivity contribution < 1.29 is 58.7 Å². The molecule has 0 aliphatic carbocycles. The van der Waals surface area contributed by atoms with E-state index in [1.807, 2.05) is 0 Å². The van der Waals surface area contributed by atoms with Gasteiger partial charge in [-0.05, 0) is 33.6 Å². The van der Waals surface area contributed by atoms with E-state index in [4.69, 9.17) is 19.7 Å². The first-order valence-corrected chi connectivity index (χ1v) is 12.0. The average molecular weight is 545 g/mol. The third-order valence-corrected chi connectivity index (χ3v) is 5.50. The Morgan fingerprint density at radius 3 is 1.84 bits per heavy atom. The lowest BCUT2D eigenvalue weighted by Gasteiger charge is -2.42. The summed E-state index contributed by atoms with van der Waals surface area (Å²) in [5.41, 5.74) is -2.82. The molecule has 38 heavy (non-hydrogen) atoms. The van der Waals surface area contributed by atoms with Gasteiger partial charge >= 0.3 is 17.9 Å². The fourth-order valence-electron chi connectivity index (χ4n) is 3.63. The van der Waals surface area contributed by atoms with Crippen LogP contribution in [0.3, 0.4) is 0 Å². The fraction of sp³-hybridized carbons (Fsp3) is 0.667. The molecule has 0 aromatic rings. The van der Waals surface area contributed by atoms with Gasteiger partial charge in [-0.25, -0.2) is 0 Å². The Labute approximate surface area is 219 Å². The highest BCUT2D eigenvalue weighted by molar-refractivity contribution is 6.13. The molecule has 14 nitrogen and oxygen atoms in total. The molecular weight excluding hydrogens is 508 g/mol. The third-order valence-electron chi connectivity index (χ3n) is 5.50. The highest BCUT2D eigenvalue weighted by Crippen LogP contribution is 2.25. The van der Waals surface area contributed by atoms with Gasteiger partial charge in [0.15, 0.2) is 0 Å². The van der Waals surface area contributed by atoms with Crippen LogP contribution in [0.2, 0.25) is 0 Å². The van der Waals surface area contributed by atoms with Crippen molar-refractivity contribution in [3.8, 4) is 0 Å². The van der Waals surface area contributed by atoms with E-state index in [2.05, 4.69) is 5.32 Å². The first kappa shape index (κ1) is 32.7. The number of carboxylic acid groups (broad SMARTS) is 2. The minimum absolute atomic E-state index is 0.218. The predicted molar refractivity (Wildman–Crippen MR) is 128 cm³/mol. The normalized spacial score (nSPS) is 16.6. The lowest BCUT2D eigenvalue weighted by molar-refractivity contribution is -0.157.